The van der Waals surface area contributed by atoms with Gasteiger partial charge in [-0.3, -0.25) is 0 Å². The average molecular weight is 181 g/mol. The molecule has 0 aliphatic rings. The van der Waals surface area contributed by atoms with Gasteiger partial charge in [0, 0.05) is 0 Å². The van der Waals surface area contributed by atoms with Crippen molar-refractivity contribution in [2.45, 2.75) is 47.0 Å². The summed E-state index contributed by atoms with van der Waals surface area (Å²) in [6, 6.07) is 0. The Labute approximate surface area is 85.1 Å². The maximum Gasteiger partial charge on any atom is 0.177 e. The van der Waals surface area contributed by atoms with Gasteiger partial charge in [0.05, 0.1) is 0 Å². The summed E-state index contributed by atoms with van der Waals surface area (Å²) in [6.45, 7) is 10.2. The Hall–Kier alpha value is 0.0249. The van der Waals surface area contributed by atoms with Crippen LogP contribution in [0, 0.1) is 17.8 Å². The van der Waals surface area contributed by atoms with Gasteiger partial charge in [0.2, 0.25) is 0 Å². The van der Waals surface area contributed by atoms with E-state index in [0.29, 0.717) is 0 Å². The Bertz CT molecular complexity index is 105. The minimum Gasteiger partial charge on any atom is -0.366 e. The van der Waals surface area contributed by atoms with Gasteiger partial charge in [-0.15, -0.1) is 0 Å². The predicted octanol–water partition coefficient (Wildman–Crippen LogP) is 2.76. The smallest absolute Gasteiger partial charge is 0.177 e. The van der Waals surface area contributed by atoms with Crippen LogP contribution in [0.15, 0.2) is 0 Å². The van der Waals surface area contributed by atoms with Crippen molar-refractivity contribution >= 4 is 7.98 Å². The summed E-state index contributed by atoms with van der Waals surface area (Å²) in [6.07, 6.45) is 3.84. The highest BCUT2D eigenvalue weighted by Crippen LogP contribution is 2.25. The van der Waals surface area contributed by atoms with Crippen LogP contribution in [0.4, 0.5) is 0 Å². The van der Waals surface area contributed by atoms with E-state index in [-0.39, 0.29) is 0 Å². The molecule has 0 spiro atoms. The van der Waals surface area contributed by atoms with E-state index in [9.17, 15) is 0 Å². The fourth-order valence-corrected chi connectivity index (χ4v) is 2.04. The highest BCUT2D eigenvalue weighted by Gasteiger charge is 2.16. The van der Waals surface area contributed by atoms with Crippen molar-refractivity contribution in [3.8, 4) is 0 Å². The lowest BCUT2D eigenvalue weighted by atomic mass is 9.82. The highest BCUT2D eigenvalue weighted by atomic mass is 14.7. The molecule has 0 fully saturated rings. The van der Waals surface area contributed by atoms with Gasteiger partial charge in [-0.2, -0.15) is 0 Å². The predicted molar refractivity (Wildman–Crippen MR) is 60.8 cm³/mol. The van der Waals surface area contributed by atoms with E-state index in [2.05, 4.69) is 32.9 Å². The molecule has 0 saturated heterocycles. The van der Waals surface area contributed by atoms with Crippen molar-refractivity contribution in [1.82, 2.24) is 5.23 Å². The monoisotopic (exact) mass is 181 g/mol. The van der Waals surface area contributed by atoms with Gasteiger partial charge in [0.1, 0.15) is 0 Å². The zero-order valence-electron chi connectivity index (χ0n) is 9.64. The van der Waals surface area contributed by atoms with E-state index in [4.69, 9.17) is 7.98 Å². The zero-order valence-corrected chi connectivity index (χ0v) is 9.64. The van der Waals surface area contributed by atoms with Gasteiger partial charge in [0.15, 0.2) is 7.98 Å². The van der Waals surface area contributed by atoms with Crippen LogP contribution < -0.4 is 5.23 Å². The molecule has 76 valence electrons. The maximum atomic E-state index is 5.21. The maximum absolute atomic E-state index is 5.21. The van der Waals surface area contributed by atoms with E-state index >= 15 is 0 Å². The van der Waals surface area contributed by atoms with Crippen molar-refractivity contribution in [1.29, 1.82) is 0 Å². The largest absolute Gasteiger partial charge is 0.366 e. The van der Waals surface area contributed by atoms with Crippen LogP contribution in [0.5, 0.6) is 0 Å². The summed E-state index contributed by atoms with van der Waals surface area (Å²) in [5, 5.41) is 2.70. The molecule has 0 rings (SSSR count). The topological polar surface area (TPSA) is 12.0 Å². The minimum atomic E-state index is 0.811. The molecule has 0 aliphatic heterocycles. The molecule has 2 heteroatoms. The second kappa shape index (κ2) is 7.43. The third kappa shape index (κ3) is 6.14. The van der Waals surface area contributed by atoms with Crippen molar-refractivity contribution < 1.29 is 0 Å². The van der Waals surface area contributed by atoms with Gasteiger partial charge >= 0.3 is 0 Å². The molecule has 0 unspecified atom stereocenters. The summed E-state index contributed by atoms with van der Waals surface area (Å²) >= 11 is 0. The normalized spacial score (nSPS) is 11.9. The van der Waals surface area contributed by atoms with E-state index in [1.165, 1.54) is 19.3 Å². The molecule has 0 amide bonds. The number of rotatable bonds is 7. The Kier molecular flexibility index (Phi) is 7.45. The molecule has 2 radical (unpaired) electrons. The van der Waals surface area contributed by atoms with Gasteiger partial charge < -0.3 is 5.23 Å². The molecule has 0 aliphatic carbocycles. The number of hydrogen-bond acceptors (Lipinski definition) is 1. The standard InChI is InChI=1S/C11H24BN/c1-9(2)11(10(3)4)7-5-6-8-13-12/h9-11,13H,5-8H2,1-4H3. The first-order chi connectivity index (χ1) is 6.09. The van der Waals surface area contributed by atoms with Crippen LogP contribution in [0.2, 0.25) is 0 Å². The summed E-state index contributed by atoms with van der Waals surface area (Å²) in [5.41, 5.74) is 0. The van der Waals surface area contributed by atoms with Crippen LogP contribution >= 0.6 is 0 Å². The molecule has 1 nitrogen and oxygen atoms in total. The second-order valence-corrected chi connectivity index (χ2v) is 4.60. The van der Waals surface area contributed by atoms with Gasteiger partial charge in [-0.05, 0) is 37.1 Å². The van der Waals surface area contributed by atoms with E-state index in [1.54, 1.807) is 0 Å². The highest BCUT2D eigenvalue weighted by molar-refractivity contribution is 6.04. The summed E-state index contributed by atoms with van der Waals surface area (Å²) < 4.78 is 0. The lowest BCUT2D eigenvalue weighted by molar-refractivity contribution is 0.262. The first-order valence-corrected chi connectivity index (χ1v) is 5.53. The number of hydrogen-bond donors (Lipinski definition) is 1. The molecule has 0 bridgehead atoms. The minimum absolute atomic E-state index is 0.811. The van der Waals surface area contributed by atoms with Crippen molar-refractivity contribution in [2.24, 2.45) is 17.8 Å². The Morgan fingerprint density at radius 2 is 1.54 bits per heavy atom. The fraction of sp³-hybridized carbons (Fsp3) is 1.00. The first kappa shape index (κ1) is 13.0. The van der Waals surface area contributed by atoms with Gasteiger partial charge in [-0.25, -0.2) is 0 Å². The number of unbranched alkanes of at least 4 members (excludes halogenated alkanes) is 1. The van der Waals surface area contributed by atoms with E-state index < -0.39 is 0 Å². The van der Waals surface area contributed by atoms with Gasteiger partial charge in [-0.1, -0.05) is 34.1 Å². The lowest BCUT2D eigenvalue weighted by Crippen LogP contribution is -2.16. The van der Waals surface area contributed by atoms with Crippen LogP contribution in [0.25, 0.3) is 0 Å². The first-order valence-electron chi connectivity index (χ1n) is 5.53. The van der Waals surface area contributed by atoms with E-state index in [0.717, 1.165) is 24.3 Å². The molecule has 1 N–H and O–H groups in total. The molecule has 0 atom stereocenters. The molecule has 0 heterocycles. The quantitative estimate of drug-likeness (QED) is 0.470. The van der Waals surface area contributed by atoms with E-state index in [1.807, 2.05) is 0 Å². The lowest BCUT2D eigenvalue weighted by Gasteiger charge is -2.24. The van der Waals surface area contributed by atoms with Crippen molar-refractivity contribution in [3.05, 3.63) is 0 Å². The van der Waals surface area contributed by atoms with Crippen molar-refractivity contribution in [2.75, 3.05) is 6.54 Å². The Morgan fingerprint density at radius 3 is 1.92 bits per heavy atom. The third-order valence-electron chi connectivity index (χ3n) is 2.82. The van der Waals surface area contributed by atoms with Crippen LogP contribution in [0.1, 0.15) is 47.0 Å². The average Bonchev–Trinajstić information content (AvgIpc) is 2.02. The van der Waals surface area contributed by atoms with Crippen molar-refractivity contribution in [3.63, 3.8) is 0 Å². The summed E-state index contributed by atoms with van der Waals surface area (Å²) in [4.78, 5) is 0. The molecule has 0 aromatic rings. The number of nitrogens with one attached hydrogen (secondary N) is 1. The summed E-state index contributed by atoms with van der Waals surface area (Å²) in [5.74, 6) is 2.49. The SMILES string of the molecule is [B]NCCCCC(C(C)C)C(C)C. The molecular formula is C11H24BN. The summed E-state index contributed by atoms with van der Waals surface area (Å²) in [7, 11) is 5.21. The molecule has 0 aromatic heterocycles. The van der Waals surface area contributed by atoms with Crippen LogP contribution in [-0.2, 0) is 0 Å². The zero-order chi connectivity index (χ0) is 10.3. The van der Waals surface area contributed by atoms with Gasteiger partial charge in [0.25, 0.3) is 0 Å². The molecule has 0 aromatic carbocycles. The molecule has 13 heavy (non-hydrogen) atoms. The molecule has 0 saturated carbocycles. The Morgan fingerprint density at radius 1 is 1.00 bits per heavy atom. The third-order valence-corrected chi connectivity index (χ3v) is 2.82. The molecular weight excluding hydrogens is 157 g/mol. The van der Waals surface area contributed by atoms with Crippen LogP contribution in [0.3, 0.4) is 0 Å². The second-order valence-electron chi connectivity index (χ2n) is 4.60. The fourth-order valence-electron chi connectivity index (χ4n) is 2.04. The van der Waals surface area contributed by atoms with Crippen LogP contribution in [-0.4, -0.2) is 14.5 Å². The Balaban J connectivity index is 3.58.